The van der Waals surface area contributed by atoms with Crippen molar-refractivity contribution in [2.45, 2.75) is 18.6 Å². The fourth-order valence-electron chi connectivity index (χ4n) is 0.988. The molecule has 0 heterocycles. The van der Waals surface area contributed by atoms with E-state index in [1.54, 1.807) is 30.3 Å². The molecule has 1 aromatic carbocycles. The summed E-state index contributed by atoms with van der Waals surface area (Å²) in [5.74, 6) is 0. The quantitative estimate of drug-likeness (QED) is 0.518. The fraction of sp³-hybridized carbons (Fsp3) is 0.333. The van der Waals surface area contributed by atoms with Crippen molar-refractivity contribution in [1.29, 1.82) is 0 Å². The molecule has 0 saturated carbocycles. The van der Waals surface area contributed by atoms with Gasteiger partial charge in [-0.2, -0.15) is 8.42 Å². The molecule has 1 aromatic rings. The van der Waals surface area contributed by atoms with Gasteiger partial charge in [-0.15, -0.1) is 0 Å². The third-order valence-electron chi connectivity index (χ3n) is 2.11. The van der Waals surface area contributed by atoms with Gasteiger partial charge in [0.1, 0.15) is 4.75 Å². The molecule has 0 aliphatic rings. The molecule has 0 amide bonds. The van der Waals surface area contributed by atoms with Gasteiger partial charge in [-0.1, -0.05) is 30.3 Å². The van der Waals surface area contributed by atoms with Crippen molar-refractivity contribution in [3.63, 3.8) is 0 Å². The molecule has 0 unspecified atom stereocenters. The van der Waals surface area contributed by atoms with Crippen LogP contribution in [0, 0.1) is 0 Å². The molecule has 4 N–H and O–H groups in total. The van der Waals surface area contributed by atoms with Crippen LogP contribution in [0.5, 0.6) is 0 Å². The smallest absolute Gasteiger partial charge is 1.00 e. The molecule has 0 bridgehead atoms. The van der Waals surface area contributed by atoms with Crippen molar-refractivity contribution >= 4 is 10.1 Å². The maximum Gasteiger partial charge on any atom is 1.00 e. The van der Waals surface area contributed by atoms with E-state index >= 15 is 0 Å². The molecule has 0 aliphatic carbocycles. The minimum atomic E-state index is -4.06. The summed E-state index contributed by atoms with van der Waals surface area (Å²) in [4.78, 5) is 0. The molecule has 0 spiro atoms. The van der Waals surface area contributed by atoms with Gasteiger partial charge in [0.15, 0.2) is 0 Å². The first kappa shape index (κ1) is 17.5. The van der Waals surface area contributed by atoms with Crippen LogP contribution >= 0.6 is 0 Å². The first-order valence-corrected chi connectivity index (χ1v) is 5.32. The molecule has 4 nitrogen and oxygen atoms in total. The van der Waals surface area contributed by atoms with E-state index < -0.39 is 14.9 Å². The van der Waals surface area contributed by atoms with Crippen molar-refractivity contribution in [2.24, 2.45) is 0 Å². The van der Waals surface area contributed by atoms with Crippen LogP contribution in [0.4, 0.5) is 0 Å². The molecule has 1 rings (SSSR count). The molecule has 6 heteroatoms. The summed E-state index contributed by atoms with van der Waals surface area (Å²) in [6, 6.07) is 8.62. The molecule has 0 fully saturated rings. The average Bonchev–Trinajstić information content (AvgIpc) is 2.04. The van der Waals surface area contributed by atoms with Gasteiger partial charge in [0, 0.05) is 0 Å². The molecule has 15 heavy (non-hydrogen) atoms. The van der Waals surface area contributed by atoms with Crippen molar-refractivity contribution in [3.05, 3.63) is 35.9 Å². The fourth-order valence-corrected chi connectivity index (χ4v) is 1.42. The predicted molar refractivity (Wildman–Crippen MR) is 57.2 cm³/mol. The second kappa shape index (κ2) is 5.98. The SMILES string of the molecule is CC(C)(c1ccccc1)S(=O)(=O)O.N.[H-].[Na+]. The minimum Gasteiger partial charge on any atom is -1.00 e. The van der Waals surface area contributed by atoms with E-state index in [2.05, 4.69) is 0 Å². The Morgan fingerprint density at radius 3 is 1.93 bits per heavy atom. The molecule has 0 aliphatic heterocycles. The summed E-state index contributed by atoms with van der Waals surface area (Å²) in [6.45, 7) is 2.94. The van der Waals surface area contributed by atoms with Gasteiger partial charge in [-0.25, -0.2) is 0 Å². The van der Waals surface area contributed by atoms with Crippen LogP contribution in [-0.2, 0) is 14.9 Å². The standard InChI is InChI=1S/C9H12O3S.H3N.Na.H/c1-9(2,13(10,11)12)8-6-4-3-5-7-8;;;/h3-7H,1-2H3,(H,10,11,12);1H3;;/q;;+1;-1. The van der Waals surface area contributed by atoms with Gasteiger partial charge >= 0.3 is 29.6 Å². The summed E-state index contributed by atoms with van der Waals surface area (Å²) in [7, 11) is -4.06. The first-order chi connectivity index (χ1) is 5.86. The zero-order valence-electron chi connectivity index (χ0n) is 10.3. The zero-order valence-corrected chi connectivity index (χ0v) is 12.1. The molecule has 0 atom stereocenters. The summed E-state index contributed by atoms with van der Waals surface area (Å²) in [6.07, 6.45) is 0. The van der Waals surface area contributed by atoms with E-state index in [0.717, 1.165) is 0 Å². The third-order valence-corrected chi connectivity index (χ3v) is 3.64. The van der Waals surface area contributed by atoms with Crippen LogP contribution in [0.15, 0.2) is 30.3 Å². The number of hydrogen-bond donors (Lipinski definition) is 2. The van der Waals surface area contributed by atoms with Crippen LogP contribution in [0.3, 0.4) is 0 Å². The first-order valence-electron chi connectivity index (χ1n) is 3.88. The summed E-state index contributed by atoms with van der Waals surface area (Å²) in [5, 5.41) is 0. The summed E-state index contributed by atoms with van der Waals surface area (Å²) >= 11 is 0. The van der Waals surface area contributed by atoms with E-state index in [1.807, 2.05) is 0 Å². The van der Waals surface area contributed by atoms with Crippen molar-refractivity contribution < 1.29 is 44.0 Å². The third kappa shape index (κ3) is 3.86. The largest absolute Gasteiger partial charge is 1.00 e. The monoisotopic (exact) mass is 241 g/mol. The van der Waals surface area contributed by atoms with Gasteiger partial charge in [-0.05, 0) is 19.4 Å². The van der Waals surface area contributed by atoms with Crippen LogP contribution in [0.25, 0.3) is 0 Å². The van der Waals surface area contributed by atoms with Gasteiger partial charge in [0.2, 0.25) is 0 Å². The molecule has 82 valence electrons. The Balaban J connectivity index is -0.000000563. The molecular formula is C9H16NNaO3S. The summed E-state index contributed by atoms with van der Waals surface area (Å²) < 4.78 is 29.7. The number of benzene rings is 1. The maximum atomic E-state index is 11.0. The maximum absolute atomic E-state index is 11.0. The van der Waals surface area contributed by atoms with Crippen molar-refractivity contribution in [3.8, 4) is 0 Å². The topological polar surface area (TPSA) is 89.4 Å². The summed E-state index contributed by atoms with van der Waals surface area (Å²) in [5.41, 5.74) is 0.581. The zero-order chi connectivity index (χ0) is 10.1. The van der Waals surface area contributed by atoms with E-state index in [9.17, 15) is 8.42 Å². The normalized spacial score (nSPS) is 11.1. The molecule has 0 radical (unpaired) electrons. The number of hydrogen-bond acceptors (Lipinski definition) is 3. The Morgan fingerprint density at radius 1 is 1.20 bits per heavy atom. The van der Waals surface area contributed by atoms with Crippen LogP contribution < -0.4 is 35.7 Å². The van der Waals surface area contributed by atoms with Gasteiger partial charge in [0.05, 0.1) is 0 Å². The van der Waals surface area contributed by atoms with E-state index in [0.29, 0.717) is 5.56 Å². The Labute approximate surface area is 114 Å². The second-order valence-corrected chi connectivity index (χ2v) is 5.32. The van der Waals surface area contributed by atoms with Crippen LogP contribution in [0.1, 0.15) is 20.8 Å². The molecule has 0 saturated heterocycles. The minimum absolute atomic E-state index is 0. The van der Waals surface area contributed by atoms with Gasteiger partial charge < -0.3 is 7.58 Å². The van der Waals surface area contributed by atoms with Crippen LogP contribution in [0.2, 0.25) is 0 Å². The molecular weight excluding hydrogens is 225 g/mol. The predicted octanol–water partition coefficient (Wildman–Crippen LogP) is -0.912. The van der Waals surface area contributed by atoms with E-state index in [-0.39, 0.29) is 37.1 Å². The average molecular weight is 241 g/mol. The molecule has 0 aromatic heterocycles. The van der Waals surface area contributed by atoms with Gasteiger partial charge in [0.25, 0.3) is 10.1 Å². The Bertz CT molecular complexity index is 394. The van der Waals surface area contributed by atoms with E-state index in [1.165, 1.54) is 13.8 Å². The second-order valence-electron chi connectivity index (χ2n) is 3.35. The van der Waals surface area contributed by atoms with Gasteiger partial charge in [-0.3, -0.25) is 4.55 Å². The van der Waals surface area contributed by atoms with Crippen molar-refractivity contribution in [1.82, 2.24) is 6.15 Å². The Kier molecular flexibility index (Phi) is 6.97. The van der Waals surface area contributed by atoms with Crippen molar-refractivity contribution in [2.75, 3.05) is 0 Å². The Morgan fingerprint density at radius 2 is 1.60 bits per heavy atom. The van der Waals surface area contributed by atoms with E-state index in [4.69, 9.17) is 4.55 Å². The number of rotatable bonds is 2. The Hall–Kier alpha value is 0.0900. The van der Waals surface area contributed by atoms with Crippen LogP contribution in [-0.4, -0.2) is 13.0 Å².